The van der Waals surface area contributed by atoms with E-state index in [4.69, 9.17) is 0 Å². The molecule has 0 fully saturated rings. The summed E-state index contributed by atoms with van der Waals surface area (Å²) in [7, 11) is 0. The summed E-state index contributed by atoms with van der Waals surface area (Å²) in [5.41, 5.74) is 2.80. The summed E-state index contributed by atoms with van der Waals surface area (Å²) in [4.78, 5) is 12.4. The molecule has 0 spiro atoms. The second-order valence-corrected chi connectivity index (χ2v) is 5.16. The molecule has 0 saturated heterocycles. The Kier molecular flexibility index (Phi) is 2.40. The molecule has 0 aliphatic heterocycles. The van der Waals surface area contributed by atoms with Crippen LogP contribution in [0.1, 0.15) is 41.8 Å². The van der Waals surface area contributed by atoms with E-state index in [1.165, 1.54) is 5.57 Å². The standard InChI is InChI=1S/C15H16O2/c1-9-6-7-12-13(8-9)15(17)11-5-3-2-4-10(11)14(12)16/h2-6,12-14,16H,7-8H2,1H3/t12-,13+,14+/m1/s1. The second-order valence-electron chi connectivity index (χ2n) is 5.16. The highest BCUT2D eigenvalue weighted by atomic mass is 16.3. The Balaban J connectivity index is 2.09. The van der Waals surface area contributed by atoms with Crippen molar-refractivity contribution >= 4 is 5.78 Å². The number of carbonyl (C=O) groups is 1. The van der Waals surface area contributed by atoms with Gasteiger partial charge in [0.15, 0.2) is 5.78 Å². The van der Waals surface area contributed by atoms with Crippen molar-refractivity contribution < 1.29 is 9.90 Å². The Morgan fingerprint density at radius 2 is 2.06 bits per heavy atom. The first-order valence-corrected chi connectivity index (χ1v) is 6.15. The number of fused-ring (bicyclic) bond motifs is 2. The van der Waals surface area contributed by atoms with E-state index in [0.29, 0.717) is 0 Å². The van der Waals surface area contributed by atoms with Gasteiger partial charge < -0.3 is 5.11 Å². The Labute approximate surface area is 101 Å². The van der Waals surface area contributed by atoms with Crippen LogP contribution >= 0.6 is 0 Å². The predicted octanol–water partition coefficient (Wildman–Crippen LogP) is 2.89. The van der Waals surface area contributed by atoms with Crippen LogP contribution in [0.3, 0.4) is 0 Å². The maximum absolute atomic E-state index is 12.4. The Hall–Kier alpha value is -1.41. The van der Waals surface area contributed by atoms with E-state index in [1.54, 1.807) is 0 Å². The van der Waals surface area contributed by atoms with Crippen molar-refractivity contribution in [2.75, 3.05) is 0 Å². The summed E-state index contributed by atoms with van der Waals surface area (Å²) in [5, 5.41) is 10.4. The van der Waals surface area contributed by atoms with Crippen molar-refractivity contribution in [3.05, 3.63) is 47.0 Å². The Morgan fingerprint density at radius 1 is 1.29 bits per heavy atom. The van der Waals surface area contributed by atoms with Crippen LogP contribution in [0.25, 0.3) is 0 Å². The van der Waals surface area contributed by atoms with Gasteiger partial charge in [0.1, 0.15) is 0 Å². The van der Waals surface area contributed by atoms with Gasteiger partial charge in [0.25, 0.3) is 0 Å². The smallest absolute Gasteiger partial charge is 0.167 e. The molecule has 0 saturated carbocycles. The van der Waals surface area contributed by atoms with Crippen LogP contribution < -0.4 is 0 Å². The number of allylic oxidation sites excluding steroid dienone is 2. The van der Waals surface area contributed by atoms with E-state index < -0.39 is 6.10 Å². The number of Topliss-reactive ketones (excluding diaryl/α,β-unsaturated/α-hetero) is 1. The summed E-state index contributed by atoms with van der Waals surface area (Å²) in [6.45, 7) is 2.07. The SMILES string of the molecule is CC1=CC[C@@H]2[C@H](C1)C(=O)c1ccccc1[C@@H]2O. The third-order valence-corrected chi connectivity index (χ3v) is 4.08. The van der Waals surface area contributed by atoms with E-state index in [1.807, 2.05) is 24.3 Å². The molecule has 2 aliphatic carbocycles. The summed E-state index contributed by atoms with van der Waals surface area (Å²) >= 11 is 0. The maximum Gasteiger partial charge on any atom is 0.167 e. The van der Waals surface area contributed by atoms with Gasteiger partial charge in [-0.15, -0.1) is 0 Å². The lowest BCUT2D eigenvalue weighted by molar-refractivity contribution is 0.0455. The van der Waals surface area contributed by atoms with Crippen molar-refractivity contribution in [1.82, 2.24) is 0 Å². The largest absolute Gasteiger partial charge is 0.388 e. The number of ketones is 1. The van der Waals surface area contributed by atoms with Crippen molar-refractivity contribution in [2.45, 2.75) is 25.9 Å². The van der Waals surface area contributed by atoms with Crippen LogP contribution in [0.15, 0.2) is 35.9 Å². The fourth-order valence-corrected chi connectivity index (χ4v) is 3.13. The number of aliphatic hydroxyl groups excluding tert-OH is 1. The molecule has 17 heavy (non-hydrogen) atoms. The molecule has 0 unspecified atom stereocenters. The third kappa shape index (κ3) is 1.55. The summed E-state index contributed by atoms with van der Waals surface area (Å²) in [6.07, 6.45) is 3.29. The molecule has 1 aromatic carbocycles. The van der Waals surface area contributed by atoms with Gasteiger partial charge in [0.2, 0.25) is 0 Å². The minimum Gasteiger partial charge on any atom is -0.388 e. The van der Waals surface area contributed by atoms with Gasteiger partial charge >= 0.3 is 0 Å². The van der Waals surface area contributed by atoms with Gasteiger partial charge in [0.05, 0.1) is 6.10 Å². The fourth-order valence-electron chi connectivity index (χ4n) is 3.13. The molecular formula is C15H16O2. The van der Waals surface area contributed by atoms with E-state index >= 15 is 0 Å². The zero-order valence-corrected chi connectivity index (χ0v) is 9.89. The Bertz CT molecular complexity index is 501. The molecule has 0 amide bonds. The topological polar surface area (TPSA) is 37.3 Å². The number of benzene rings is 1. The van der Waals surface area contributed by atoms with E-state index in [2.05, 4.69) is 13.0 Å². The zero-order valence-electron chi connectivity index (χ0n) is 9.89. The molecule has 0 radical (unpaired) electrons. The highest BCUT2D eigenvalue weighted by Crippen LogP contribution is 2.44. The first-order chi connectivity index (χ1) is 8.18. The molecule has 88 valence electrons. The number of carbonyl (C=O) groups excluding carboxylic acids is 1. The summed E-state index contributed by atoms with van der Waals surface area (Å²) in [5.74, 6) is 0.259. The summed E-state index contributed by atoms with van der Waals surface area (Å²) in [6, 6.07) is 7.47. The molecule has 0 heterocycles. The van der Waals surface area contributed by atoms with E-state index in [9.17, 15) is 9.90 Å². The van der Waals surface area contributed by atoms with Crippen LogP contribution in [0.4, 0.5) is 0 Å². The molecule has 2 nitrogen and oxygen atoms in total. The van der Waals surface area contributed by atoms with Gasteiger partial charge in [-0.3, -0.25) is 4.79 Å². The quantitative estimate of drug-likeness (QED) is 0.693. The lowest BCUT2D eigenvalue weighted by atomic mass is 9.67. The molecule has 2 aliphatic rings. The average Bonchev–Trinajstić information content (AvgIpc) is 2.36. The average molecular weight is 228 g/mol. The highest BCUT2D eigenvalue weighted by molar-refractivity contribution is 6.01. The molecular weight excluding hydrogens is 212 g/mol. The van der Waals surface area contributed by atoms with E-state index in [0.717, 1.165) is 24.0 Å². The van der Waals surface area contributed by atoms with Gasteiger partial charge in [-0.05, 0) is 25.3 Å². The molecule has 1 N–H and O–H groups in total. The zero-order chi connectivity index (χ0) is 12.0. The van der Waals surface area contributed by atoms with Crippen LogP contribution in [-0.4, -0.2) is 10.9 Å². The van der Waals surface area contributed by atoms with Gasteiger partial charge in [0, 0.05) is 17.4 Å². The first-order valence-electron chi connectivity index (χ1n) is 6.15. The monoisotopic (exact) mass is 228 g/mol. The normalized spacial score (nSPS) is 31.5. The predicted molar refractivity (Wildman–Crippen MR) is 65.7 cm³/mol. The number of hydrogen-bond acceptors (Lipinski definition) is 2. The number of rotatable bonds is 0. The number of hydrogen-bond donors (Lipinski definition) is 1. The minimum atomic E-state index is -0.488. The first kappa shape index (κ1) is 10.7. The lowest BCUT2D eigenvalue weighted by Crippen LogP contribution is -2.36. The molecule has 3 rings (SSSR count). The van der Waals surface area contributed by atoms with Gasteiger partial charge in [-0.1, -0.05) is 35.9 Å². The third-order valence-electron chi connectivity index (χ3n) is 4.08. The van der Waals surface area contributed by atoms with Crippen molar-refractivity contribution in [3.63, 3.8) is 0 Å². The number of aliphatic hydroxyl groups is 1. The van der Waals surface area contributed by atoms with Crippen molar-refractivity contribution in [3.8, 4) is 0 Å². The highest BCUT2D eigenvalue weighted by Gasteiger charge is 2.41. The second kappa shape index (κ2) is 3.81. The molecule has 1 aromatic rings. The molecule has 0 aromatic heterocycles. The van der Waals surface area contributed by atoms with Crippen LogP contribution in [0.5, 0.6) is 0 Å². The van der Waals surface area contributed by atoms with Crippen LogP contribution in [0, 0.1) is 11.8 Å². The van der Waals surface area contributed by atoms with Crippen LogP contribution in [-0.2, 0) is 0 Å². The summed E-state index contributed by atoms with van der Waals surface area (Å²) < 4.78 is 0. The minimum absolute atomic E-state index is 0.0232. The van der Waals surface area contributed by atoms with Crippen molar-refractivity contribution in [2.24, 2.45) is 11.8 Å². The Morgan fingerprint density at radius 3 is 2.88 bits per heavy atom. The maximum atomic E-state index is 12.4. The lowest BCUT2D eigenvalue weighted by Gasteiger charge is -2.38. The van der Waals surface area contributed by atoms with Crippen LogP contribution in [0.2, 0.25) is 0 Å². The van der Waals surface area contributed by atoms with Gasteiger partial charge in [-0.2, -0.15) is 0 Å². The fraction of sp³-hybridized carbons (Fsp3) is 0.400. The van der Waals surface area contributed by atoms with E-state index in [-0.39, 0.29) is 17.6 Å². The van der Waals surface area contributed by atoms with Gasteiger partial charge in [-0.25, -0.2) is 0 Å². The van der Waals surface area contributed by atoms with Crippen molar-refractivity contribution in [1.29, 1.82) is 0 Å². The molecule has 2 heteroatoms. The molecule has 3 atom stereocenters. The molecule has 0 bridgehead atoms.